The standard InChI is InChI=1S/C25H33ClN2O7S/c1-6-35-21-8-7-19(15-20(21)26)36(30,31)28-11-9-18(10-12-28)25(29)27(2)16-17-13-22(32-3)24(34-5)23(14-17)33-4/h7-8,13-15,18H,6,9-12,16H2,1-5H3. The molecule has 0 spiro atoms. The first-order valence-electron chi connectivity index (χ1n) is 11.6. The summed E-state index contributed by atoms with van der Waals surface area (Å²) in [4.78, 5) is 14.9. The molecule has 1 fully saturated rings. The molecule has 2 aromatic carbocycles. The van der Waals surface area contributed by atoms with Gasteiger partial charge in [0.15, 0.2) is 11.5 Å². The van der Waals surface area contributed by atoms with Crippen molar-refractivity contribution in [2.45, 2.75) is 31.2 Å². The number of piperidine rings is 1. The van der Waals surface area contributed by atoms with Gasteiger partial charge in [0.25, 0.3) is 0 Å². The first kappa shape index (κ1) is 27.9. The lowest BCUT2D eigenvalue weighted by atomic mass is 9.96. The zero-order valence-electron chi connectivity index (χ0n) is 21.2. The van der Waals surface area contributed by atoms with Crippen molar-refractivity contribution >= 4 is 27.5 Å². The number of ether oxygens (including phenoxy) is 4. The van der Waals surface area contributed by atoms with Crippen molar-refractivity contribution in [3.05, 3.63) is 40.9 Å². The van der Waals surface area contributed by atoms with Crippen LogP contribution in [0.3, 0.4) is 0 Å². The van der Waals surface area contributed by atoms with Crippen molar-refractivity contribution in [2.24, 2.45) is 5.92 Å². The Bertz CT molecular complexity index is 1160. The highest BCUT2D eigenvalue weighted by atomic mass is 35.5. The van der Waals surface area contributed by atoms with Gasteiger partial charge in [-0.1, -0.05) is 11.6 Å². The van der Waals surface area contributed by atoms with Crippen LogP contribution < -0.4 is 18.9 Å². The number of benzene rings is 2. The molecule has 0 saturated carbocycles. The Morgan fingerprint density at radius 2 is 1.64 bits per heavy atom. The van der Waals surface area contributed by atoms with Crippen molar-refractivity contribution in [1.29, 1.82) is 0 Å². The Morgan fingerprint density at radius 1 is 1.03 bits per heavy atom. The minimum atomic E-state index is -3.73. The third-order valence-corrected chi connectivity index (χ3v) is 8.35. The van der Waals surface area contributed by atoms with Crippen molar-refractivity contribution in [2.75, 3.05) is 48.1 Å². The highest BCUT2D eigenvalue weighted by Crippen LogP contribution is 2.38. The lowest BCUT2D eigenvalue weighted by Crippen LogP contribution is -2.43. The number of sulfonamides is 1. The number of methoxy groups -OCH3 is 3. The number of carbonyl (C=O) groups excluding carboxylic acids is 1. The Balaban J connectivity index is 1.65. The molecule has 0 N–H and O–H groups in total. The van der Waals surface area contributed by atoms with E-state index in [1.165, 1.54) is 23.5 Å². The summed E-state index contributed by atoms with van der Waals surface area (Å²) in [5.41, 5.74) is 0.827. The summed E-state index contributed by atoms with van der Waals surface area (Å²) in [6.45, 7) is 3.11. The van der Waals surface area contributed by atoms with E-state index >= 15 is 0 Å². The molecule has 0 aliphatic carbocycles. The van der Waals surface area contributed by atoms with Crippen LogP contribution in [0.5, 0.6) is 23.0 Å². The van der Waals surface area contributed by atoms with Gasteiger partial charge in [-0.3, -0.25) is 4.79 Å². The summed E-state index contributed by atoms with van der Waals surface area (Å²) in [6.07, 6.45) is 0.866. The van der Waals surface area contributed by atoms with Gasteiger partial charge in [-0.05, 0) is 55.7 Å². The van der Waals surface area contributed by atoms with Crippen LogP contribution in [0, 0.1) is 5.92 Å². The molecular formula is C25H33ClN2O7S. The second-order valence-electron chi connectivity index (χ2n) is 8.43. The first-order valence-corrected chi connectivity index (χ1v) is 13.4. The van der Waals surface area contributed by atoms with Gasteiger partial charge >= 0.3 is 0 Å². The quantitative estimate of drug-likeness (QED) is 0.452. The van der Waals surface area contributed by atoms with Gasteiger partial charge in [0.2, 0.25) is 21.7 Å². The molecule has 1 aliphatic rings. The predicted octanol–water partition coefficient (Wildman–Crippen LogP) is 3.82. The molecule has 9 nitrogen and oxygen atoms in total. The molecule has 2 aromatic rings. The molecule has 36 heavy (non-hydrogen) atoms. The fraction of sp³-hybridized carbons (Fsp3) is 0.480. The molecule has 3 rings (SSSR count). The lowest BCUT2D eigenvalue weighted by molar-refractivity contribution is -0.135. The summed E-state index contributed by atoms with van der Waals surface area (Å²) >= 11 is 6.19. The monoisotopic (exact) mass is 540 g/mol. The molecule has 0 aromatic heterocycles. The molecule has 1 aliphatic heterocycles. The number of carbonyl (C=O) groups is 1. The van der Waals surface area contributed by atoms with E-state index in [2.05, 4.69) is 0 Å². The zero-order chi connectivity index (χ0) is 26.5. The molecule has 1 amide bonds. The van der Waals surface area contributed by atoms with Crippen LogP contribution in [0.25, 0.3) is 0 Å². The molecule has 11 heteroatoms. The molecule has 1 saturated heterocycles. The third kappa shape index (κ3) is 5.99. The molecule has 0 radical (unpaired) electrons. The minimum absolute atomic E-state index is 0.0371. The number of nitrogens with zero attached hydrogens (tertiary/aromatic N) is 2. The van der Waals surface area contributed by atoms with E-state index in [1.54, 1.807) is 32.2 Å². The molecule has 198 valence electrons. The van der Waals surface area contributed by atoms with Crippen LogP contribution in [0.2, 0.25) is 5.02 Å². The average molecular weight is 541 g/mol. The van der Waals surface area contributed by atoms with Crippen LogP contribution >= 0.6 is 11.6 Å². The van der Waals surface area contributed by atoms with Crippen molar-refractivity contribution in [3.8, 4) is 23.0 Å². The highest BCUT2D eigenvalue weighted by molar-refractivity contribution is 7.89. The number of hydrogen-bond donors (Lipinski definition) is 0. The van der Waals surface area contributed by atoms with Gasteiger partial charge in [-0.2, -0.15) is 4.31 Å². The van der Waals surface area contributed by atoms with E-state index in [4.69, 9.17) is 30.5 Å². The van der Waals surface area contributed by atoms with Gasteiger partial charge in [0.05, 0.1) is 37.9 Å². The summed E-state index contributed by atoms with van der Waals surface area (Å²) in [5.74, 6) is 1.65. The Hall–Kier alpha value is -2.69. The largest absolute Gasteiger partial charge is 0.493 e. The molecule has 1 heterocycles. The van der Waals surface area contributed by atoms with E-state index < -0.39 is 10.0 Å². The van der Waals surface area contributed by atoms with Gasteiger partial charge in [-0.15, -0.1) is 0 Å². The number of halogens is 1. The second kappa shape index (κ2) is 12.0. The fourth-order valence-electron chi connectivity index (χ4n) is 4.30. The smallest absolute Gasteiger partial charge is 0.243 e. The van der Waals surface area contributed by atoms with Crippen LogP contribution in [-0.2, 0) is 21.4 Å². The maximum atomic E-state index is 13.1. The van der Waals surface area contributed by atoms with E-state index in [0.29, 0.717) is 49.0 Å². The van der Waals surface area contributed by atoms with E-state index in [1.807, 2.05) is 19.1 Å². The average Bonchev–Trinajstić information content (AvgIpc) is 2.88. The van der Waals surface area contributed by atoms with Gasteiger partial charge in [0, 0.05) is 32.6 Å². The zero-order valence-corrected chi connectivity index (χ0v) is 22.8. The normalized spacial score (nSPS) is 14.8. The van der Waals surface area contributed by atoms with Crippen LogP contribution in [0.4, 0.5) is 0 Å². The second-order valence-corrected chi connectivity index (χ2v) is 10.8. The maximum absolute atomic E-state index is 13.1. The molecular weight excluding hydrogens is 508 g/mol. The van der Waals surface area contributed by atoms with Gasteiger partial charge < -0.3 is 23.8 Å². The van der Waals surface area contributed by atoms with Crippen LogP contribution in [0.15, 0.2) is 35.2 Å². The van der Waals surface area contributed by atoms with Gasteiger partial charge in [0.1, 0.15) is 5.75 Å². The first-order chi connectivity index (χ1) is 17.2. The van der Waals surface area contributed by atoms with E-state index in [0.717, 1.165) is 5.56 Å². The number of amides is 1. The van der Waals surface area contributed by atoms with Crippen LogP contribution in [0.1, 0.15) is 25.3 Å². The summed E-state index contributed by atoms with van der Waals surface area (Å²) in [6, 6.07) is 8.08. The summed E-state index contributed by atoms with van der Waals surface area (Å²) in [5, 5.41) is 0.247. The summed E-state index contributed by atoms with van der Waals surface area (Å²) < 4.78 is 49.2. The SMILES string of the molecule is CCOc1ccc(S(=O)(=O)N2CCC(C(=O)N(C)Cc3cc(OC)c(OC)c(OC)c3)CC2)cc1Cl. The van der Waals surface area contributed by atoms with Crippen molar-refractivity contribution in [1.82, 2.24) is 9.21 Å². The fourth-order valence-corrected chi connectivity index (χ4v) is 6.09. The van der Waals surface area contributed by atoms with Crippen molar-refractivity contribution in [3.63, 3.8) is 0 Å². The maximum Gasteiger partial charge on any atom is 0.243 e. The topological polar surface area (TPSA) is 94.6 Å². The highest BCUT2D eigenvalue weighted by Gasteiger charge is 2.33. The van der Waals surface area contributed by atoms with Crippen LogP contribution in [-0.4, -0.2) is 71.6 Å². The molecule has 0 unspecified atom stereocenters. The van der Waals surface area contributed by atoms with E-state index in [-0.39, 0.29) is 34.8 Å². The Morgan fingerprint density at radius 3 is 2.14 bits per heavy atom. The van der Waals surface area contributed by atoms with E-state index in [9.17, 15) is 13.2 Å². The summed E-state index contributed by atoms with van der Waals surface area (Å²) in [7, 11) is 2.62. The number of rotatable bonds is 10. The van der Waals surface area contributed by atoms with Gasteiger partial charge in [-0.25, -0.2) is 8.42 Å². The Labute approximate surface area is 217 Å². The number of hydrogen-bond acceptors (Lipinski definition) is 7. The lowest BCUT2D eigenvalue weighted by Gasteiger charge is -2.32. The predicted molar refractivity (Wildman–Crippen MR) is 137 cm³/mol. The molecule has 0 bridgehead atoms. The molecule has 0 atom stereocenters. The van der Waals surface area contributed by atoms with Crippen molar-refractivity contribution < 1.29 is 32.2 Å². The minimum Gasteiger partial charge on any atom is -0.493 e. The Kier molecular flexibility index (Phi) is 9.32. The third-order valence-electron chi connectivity index (χ3n) is 6.16.